The number of carbonyl (C=O) groups excluding carboxylic acids is 1. The summed E-state index contributed by atoms with van der Waals surface area (Å²) >= 11 is 0. The number of hydrogen-bond donors (Lipinski definition) is 1. The van der Waals surface area contributed by atoms with Crippen molar-refractivity contribution in [1.82, 2.24) is 25.0 Å². The molecule has 0 saturated heterocycles. The third-order valence-corrected chi connectivity index (χ3v) is 5.28. The van der Waals surface area contributed by atoms with Gasteiger partial charge in [0.15, 0.2) is 0 Å². The summed E-state index contributed by atoms with van der Waals surface area (Å²) in [7, 11) is 0. The maximum Gasteiger partial charge on any atom is 0.249 e. The van der Waals surface area contributed by atoms with Gasteiger partial charge in [-0.1, -0.05) is 6.07 Å². The normalized spacial score (nSPS) is 22.5. The molecule has 0 bridgehead atoms. The van der Waals surface area contributed by atoms with Crippen LogP contribution in [0.4, 0.5) is 8.78 Å². The average Bonchev–Trinajstić information content (AvgIpc) is 2.97. The van der Waals surface area contributed by atoms with Gasteiger partial charge in [-0.05, 0) is 18.2 Å². The Bertz CT molecular complexity index is 786. The fourth-order valence-corrected chi connectivity index (χ4v) is 3.83. The van der Waals surface area contributed by atoms with E-state index in [4.69, 9.17) is 0 Å². The molecule has 3 heterocycles. The first-order valence-corrected chi connectivity index (χ1v) is 9.27. The molecule has 0 aromatic carbocycles. The molecule has 144 valence electrons. The number of alkyl halides is 2. The molecule has 0 radical (unpaired) electrons. The molecule has 2 aliphatic rings. The molecule has 1 N–H and O–H groups in total. The Morgan fingerprint density at radius 2 is 2.07 bits per heavy atom. The molecule has 1 amide bonds. The number of aromatic nitrogens is 3. The van der Waals surface area contributed by atoms with E-state index >= 15 is 0 Å². The van der Waals surface area contributed by atoms with Gasteiger partial charge in [0, 0.05) is 69.8 Å². The van der Waals surface area contributed by atoms with Crippen LogP contribution in [0.15, 0.2) is 36.7 Å². The first-order chi connectivity index (χ1) is 13.0. The summed E-state index contributed by atoms with van der Waals surface area (Å²) in [6.07, 6.45) is 2.90. The summed E-state index contributed by atoms with van der Waals surface area (Å²) in [5.74, 6) is -3.34. The molecular formula is C19H23F2N5O. The van der Waals surface area contributed by atoms with Gasteiger partial charge in [-0.3, -0.25) is 19.4 Å². The van der Waals surface area contributed by atoms with Gasteiger partial charge in [0.05, 0.1) is 11.4 Å². The largest absolute Gasteiger partial charge is 0.355 e. The van der Waals surface area contributed by atoms with E-state index < -0.39 is 11.8 Å². The number of rotatable bonds is 5. The number of carbonyl (C=O) groups is 1. The molecule has 1 unspecified atom stereocenters. The number of pyridine rings is 1. The van der Waals surface area contributed by atoms with E-state index in [0.29, 0.717) is 19.6 Å². The van der Waals surface area contributed by atoms with Crippen molar-refractivity contribution in [3.63, 3.8) is 0 Å². The minimum absolute atomic E-state index is 0.152. The topological polar surface area (TPSA) is 63.1 Å². The Morgan fingerprint density at radius 3 is 2.81 bits per heavy atom. The highest BCUT2D eigenvalue weighted by atomic mass is 19.3. The molecular weight excluding hydrogens is 352 g/mol. The number of halogens is 2. The van der Waals surface area contributed by atoms with Gasteiger partial charge in [0.25, 0.3) is 0 Å². The molecule has 1 atom stereocenters. The summed E-state index contributed by atoms with van der Waals surface area (Å²) in [6.45, 7) is 3.41. The highest BCUT2D eigenvalue weighted by Crippen LogP contribution is 2.42. The van der Waals surface area contributed by atoms with Gasteiger partial charge < -0.3 is 5.32 Å². The first kappa shape index (κ1) is 18.0. The lowest BCUT2D eigenvalue weighted by Gasteiger charge is -2.34. The van der Waals surface area contributed by atoms with E-state index in [1.165, 1.54) is 0 Å². The molecule has 8 heteroatoms. The van der Waals surface area contributed by atoms with E-state index in [-0.39, 0.29) is 24.7 Å². The number of fused-ring (bicyclic) bond motifs is 1. The van der Waals surface area contributed by atoms with E-state index in [2.05, 4.69) is 20.3 Å². The van der Waals surface area contributed by atoms with Gasteiger partial charge in [-0.15, -0.1) is 0 Å². The van der Waals surface area contributed by atoms with Crippen LogP contribution in [0.2, 0.25) is 0 Å². The first-order valence-electron chi connectivity index (χ1n) is 9.27. The predicted octanol–water partition coefficient (Wildman–Crippen LogP) is 2.07. The molecule has 27 heavy (non-hydrogen) atoms. The lowest BCUT2D eigenvalue weighted by atomic mass is 9.80. The lowest BCUT2D eigenvalue weighted by molar-refractivity contribution is -0.150. The van der Waals surface area contributed by atoms with Crippen LogP contribution in [0, 0.1) is 11.8 Å². The Hall–Kier alpha value is -2.35. The standard InChI is InChI=1S/C19H23F2N5O/c20-19(21)7-15(8-19)18(27)23-9-14-10-25(12-16-3-1-2-5-22-16)13-17-4-6-24-26(17)11-14/h1-6,14-15H,7-13H2,(H,23,27). The van der Waals surface area contributed by atoms with Crippen molar-refractivity contribution in [2.75, 3.05) is 13.1 Å². The van der Waals surface area contributed by atoms with Crippen molar-refractivity contribution in [2.45, 2.75) is 38.4 Å². The van der Waals surface area contributed by atoms with Crippen LogP contribution in [-0.2, 0) is 24.4 Å². The second kappa shape index (κ2) is 7.34. The number of nitrogens with one attached hydrogen (secondary N) is 1. The van der Waals surface area contributed by atoms with Crippen molar-refractivity contribution >= 4 is 5.91 Å². The highest BCUT2D eigenvalue weighted by molar-refractivity contribution is 5.79. The van der Waals surface area contributed by atoms with Gasteiger partial charge in [0.1, 0.15) is 0 Å². The molecule has 0 spiro atoms. The highest BCUT2D eigenvalue weighted by Gasteiger charge is 2.48. The summed E-state index contributed by atoms with van der Waals surface area (Å²) in [4.78, 5) is 18.8. The number of nitrogens with zero attached hydrogens (tertiary/aromatic N) is 4. The SMILES string of the molecule is O=C(NCC1CN(Cc2ccccn2)Cc2ccnn2C1)C1CC(F)(F)C1. The summed E-state index contributed by atoms with van der Waals surface area (Å²) in [5.41, 5.74) is 2.11. The fourth-order valence-electron chi connectivity index (χ4n) is 3.83. The van der Waals surface area contributed by atoms with Gasteiger partial charge in [0.2, 0.25) is 11.8 Å². The molecule has 2 aromatic heterocycles. The monoisotopic (exact) mass is 375 g/mol. The summed E-state index contributed by atoms with van der Waals surface area (Å²) in [5, 5.41) is 7.25. The quantitative estimate of drug-likeness (QED) is 0.869. The summed E-state index contributed by atoms with van der Waals surface area (Å²) < 4.78 is 27.9. The number of amides is 1. The second-order valence-corrected chi connectivity index (χ2v) is 7.57. The smallest absolute Gasteiger partial charge is 0.249 e. The van der Waals surface area contributed by atoms with Gasteiger partial charge >= 0.3 is 0 Å². The molecule has 1 aliphatic heterocycles. The minimum atomic E-state index is -2.67. The van der Waals surface area contributed by atoms with E-state index in [1.54, 1.807) is 12.4 Å². The average molecular weight is 375 g/mol. The Balaban J connectivity index is 1.38. The third kappa shape index (κ3) is 4.32. The zero-order chi connectivity index (χ0) is 18.9. The van der Waals surface area contributed by atoms with Crippen LogP contribution >= 0.6 is 0 Å². The van der Waals surface area contributed by atoms with E-state index in [1.807, 2.05) is 28.9 Å². The molecule has 6 nitrogen and oxygen atoms in total. The minimum Gasteiger partial charge on any atom is -0.355 e. The Morgan fingerprint density at radius 1 is 1.22 bits per heavy atom. The van der Waals surface area contributed by atoms with Crippen LogP contribution < -0.4 is 5.32 Å². The zero-order valence-corrected chi connectivity index (χ0v) is 15.0. The second-order valence-electron chi connectivity index (χ2n) is 7.57. The van der Waals surface area contributed by atoms with Crippen molar-refractivity contribution in [3.8, 4) is 0 Å². The third-order valence-electron chi connectivity index (χ3n) is 5.28. The Kier molecular flexibility index (Phi) is 4.90. The van der Waals surface area contributed by atoms with Crippen LogP contribution in [0.5, 0.6) is 0 Å². The lowest BCUT2D eigenvalue weighted by Crippen LogP contribution is -2.46. The van der Waals surface area contributed by atoms with Gasteiger partial charge in [-0.25, -0.2) is 8.78 Å². The van der Waals surface area contributed by atoms with Crippen molar-refractivity contribution in [1.29, 1.82) is 0 Å². The predicted molar refractivity (Wildman–Crippen MR) is 94.7 cm³/mol. The van der Waals surface area contributed by atoms with Crippen molar-refractivity contribution < 1.29 is 13.6 Å². The molecule has 2 aromatic rings. The van der Waals surface area contributed by atoms with Gasteiger partial charge in [-0.2, -0.15) is 5.10 Å². The molecule has 1 saturated carbocycles. The van der Waals surface area contributed by atoms with Crippen LogP contribution in [0.1, 0.15) is 24.2 Å². The van der Waals surface area contributed by atoms with E-state index in [0.717, 1.165) is 24.5 Å². The van der Waals surface area contributed by atoms with Crippen molar-refractivity contribution in [2.24, 2.45) is 11.8 Å². The molecule has 4 rings (SSSR count). The van der Waals surface area contributed by atoms with E-state index in [9.17, 15) is 13.6 Å². The number of hydrogen-bond acceptors (Lipinski definition) is 4. The Labute approximate surface area is 156 Å². The maximum absolute atomic E-state index is 13.0. The van der Waals surface area contributed by atoms with Crippen LogP contribution in [0.25, 0.3) is 0 Å². The molecule has 1 aliphatic carbocycles. The zero-order valence-electron chi connectivity index (χ0n) is 15.0. The fraction of sp³-hybridized carbons (Fsp3) is 0.526. The van der Waals surface area contributed by atoms with Crippen LogP contribution in [0.3, 0.4) is 0 Å². The summed E-state index contributed by atoms with van der Waals surface area (Å²) in [6, 6.07) is 7.86. The van der Waals surface area contributed by atoms with Crippen molar-refractivity contribution in [3.05, 3.63) is 48.0 Å². The maximum atomic E-state index is 13.0. The van der Waals surface area contributed by atoms with Crippen LogP contribution in [-0.4, -0.2) is 44.6 Å². The molecule has 1 fully saturated rings.